The van der Waals surface area contributed by atoms with Gasteiger partial charge in [-0.3, -0.25) is 14.4 Å². The third-order valence-electron chi connectivity index (χ3n) is 8.19. The second-order valence-electron chi connectivity index (χ2n) is 12.2. The predicted molar refractivity (Wildman–Crippen MR) is 156 cm³/mol. The number of ether oxygens (including phenoxy) is 1. The van der Waals surface area contributed by atoms with Crippen LogP contribution in [-0.2, 0) is 27.3 Å². The number of esters is 1. The Kier molecular flexibility index (Phi) is 8.13. The molecule has 0 spiro atoms. The third-order valence-corrected chi connectivity index (χ3v) is 8.19. The van der Waals surface area contributed by atoms with Gasteiger partial charge < -0.3 is 15.2 Å². The van der Waals surface area contributed by atoms with Crippen molar-refractivity contribution in [2.24, 2.45) is 11.3 Å². The van der Waals surface area contributed by atoms with Crippen LogP contribution in [-0.4, -0.2) is 32.6 Å². The molecule has 8 nitrogen and oxygen atoms in total. The van der Waals surface area contributed by atoms with Gasteiger partial charge in [-0.15, -0.1) is 0 Å². The molecule has 1 amide bonds. The molecule has 5 rings (SSSR count). The molecule has 0 saturated heterocycles. The number of anilines is 1. The van der Waals surface area contributed by atoms with Crippen LogP contribution in [0.3, 0.4) is 0 Å². The highest BCUT2D eigenvalue weighted by atomic mass is 16.7. The van der Waals surface area contributed by atoms with Crippen molar-refractivity contribution in [3.8, 4) is 0 Å². The molecule has 0 aliphatic heterocycles. The van der Waals surface area contributed by atoms with Gasteiger partial charge in [0.25, 0.3) is 5.56 Å². The highest BCUT2D eigenvalue weighted by Gasteiger charge is 2.52. The number of carbonyl (C=O) groups is 2. The minimum Gasteiger partial charge on any atom is -0.433 e. The summed E-state index contributed by atoms with van der Waals surface area (Å²) in [6.07, 6.45) is 6.18. The Labute approximate surface area is 240 Å². The first kappa shape index (κ1) is 28.7. The molecule has 2 aromatic carbocycles. The van der Waals surface area contributed by atoms with E-state index in [1.165, 1.54) is 24.6 Å². The molecule has 0 radical (unpaired) electrons. The Balaban J connectivity index is 1.30. The summed E-state index contributed by atoms with van der Waals surface area (Å²) < 4.78 is 6.70. The Hall–Kier alpha value is -3.78. The lowest BCUT2D eigenvalue weighted by atomic mass is 9.83. The van der Waals surface area contributed by atoms with Crippen molar-refractivity contribution >= 4 is 17.6 Å². The summed E-state index contributed by atoms with van der Waals surface area (Å²) in [5, 5.41) is 17.4. The maximum Gasteiger partial charge on any atom is 0.314 e. The maximum atomic E-state index is 13.8. The second kappa shape index (κ2) is 11.6. The summed E-state index contributed by atoms with van der Waals surface area (Å²) in [6.45, 7) is 5.14. The number of rotatable bonds is 10. The first-order valence-electron chi connectivity index (χ1n) is 14.5. The fourth-order valence-electron chi connectivity index (χ4n) is 5.90. The first-order chi connectivity index (χ1) is 19.5. The van der Waals surface area contributed by atoms with Gasteiger partial charge in [-0.05, 0) is 79.8 Å². The van der Waals surface area contributed by atoms with Crippen LogP contribution < -0.4 is 10.9 Å². The van der Waals surface area contributed by atoms with E-state index >= 15 is 0 Å². The predicted octanol–water partition coefficient (Wildman–Crippen LogP) is 5.11. The van der Waals surface area contributed by atoms with Crippen LogP contribution >= 0.6 is 0 Å². The monoisotopic (exact) mass is 557 g/mol. The van der Waals surface area contributed by atoms with E-state index in [0.717, 1.165) is 48.1 Å². The second-order valence-corrected chi connectivity index (χ2v) is 12.2. The van der Waals surface area contributed by atoms with E-state index in [9.17, 15) is 19.5 Å². The van der Waals surface area contributed by atoms with Crippen LogP contribution in [0.2, 0.25) is 0 Å². The zero-order valence-electron chi connectivity index (χ0n) is 24.1. The summed E-state index contributed by atoms with van der Waals surface area (Å²) in [7, 11) is 0. The Bertz CT molecular complexity index is 1460. The number of nitrogens with one attached hydrogen (secondary N) is 1. The minimum atomic E-state index is -1.51. The molecule has 8 heteroatoms. The number of aryl methyl sites for hydroxylation is 1. The summed E-state index contributed by atoms with van der Waals surface area (Å²) in [6, 6.07) is 18.8. The van der Waals surface area contributed by atoms with E-state index < -0.39 is 11.2 Å². The quantitative estimate of drug-likeness (QED) is 0.265. The van der Waals surface area contributed by atoms with Crippen LogP contribution in [0.4, 0.5) is 5.69 Å². The largest absolute Gasteiger partial charge is 0.433 e. The molecule has 41 heavy (non-hydrogen) atoms. The van der Waals surface area contributed by atoms with Gasteiger partial charge in [0.05, 0.1) is 23.6 Å². The topological polar surface area (TPSA) is 111 Å². The molecule has 2 fully saturated rings. The number of aliphatic hydroxyl groups is 1. The molecule has 2 aliphatic rings. The summed E-state index contributed by atoms with van der Waals surface area (Å²) in [5.74, 6) is -1.96. The normalized spacial score (nSPS) is 17.2. The SMILES string of the molecule is Cc1ccc(=O)n(Cc2ccc(C(C(=O)Nc3cccc(CC4(C(=O)OC(C)(C)O)CC4)c3)C3CCCC3)cc2)n1. The summed E-state index contributed by atoms with van der Waals surface area (Å²) in [4.78, 5) is 38.6. The molecule has 0 bridgehead atoms. The summed E-state index contributed by atoms with van der Waals surface area (Å²) >= 11 is 0. The lowest BCUT2D eigenvalue weighted by Crippen LogP contribution is -2.33. The van der Waals surface area contributed by atoms with E-state index in [1.807, 2.05) is 55.5 Å². The molecule has 1 atom stereocenters. The van der Waals surface area contributed by atoms with E-state index in [1.54, 1.807) is 6.07 Å². The molecule has 3 aromatic rings. The van der Waals surface area contributed by atoms with Gasteiger partial charge in [0.15, 0.2) is 0 Å². The first-order valence-corrected chi connectivity index (χ1v) is 14.5. The van der Waals surface area contributed by atoms with Gasteiger partial charge in [-0.1, -0.05) is 49.2 Å². The molecule has 2 aliphatic carbocycles. The van der Waals surface area contributed by atoms with Crippen molar-refractivity contribution in [3.63, 3.8) is 0 Å². The highest BCUT2D eigenvalue weighted by molar-refractivity contribution is 5.96. The molecular formula is C33H39N3O5. The van der Waals surface area contributed by atoms with Gasteiger partial charge in [0.1, 0.15) is 0 Å². The van der Waals surface area contributed by atoms with Gasteiger partial charge in [-0.2, -0.15) is 5.10 Å². The van der Waals surface area contributed by atoms with Gasteiger partial charge >= 0.3 is 5.97 Å². The van der Waals surface area contributed by atoms with Gasteiger partial charge in [-0.25, -0.2) is 4.68 Å². The molecule has 1 aromatic heterocycles. The van der Waals surface area contributed by atoms with E-state index in [4.69, 9.17) is 4.74 Å². The van der Waals surface area contributed by atoms with Gasteiger partial charge in [0.2, 0.25) is 11.7 Å². The lowest BCUT2D eigenvalue weighted by Gasteiger charge is -2.24. The Morgan fingerprint density at radius 2 is 1.78 bits per heavy atom. The number of carbonyl (C=O) groups excluding carboxylic acids is 2. The van der Waals surface area contributed by atoms with E-state index in [2.05, 4.69) is 10.4 Å². The minimum absolute atomic E-state index is 0.0408. The molecule has 216 valence electrons. The van der Waals surface area contributed by atoms with Gasteiger partial charge in [0, 0.05) is 25.6 Å². The van der Waals surface area contributed by atoms with Crippen LogP contribution in [0.25, 0.3) is 0 Å². The maximum absolute atomic E-state index is 13.8. The van der Waals surface area contributed by atoms with E-state index in [0.29, 0.717) is 31.5 Å². The fourth-order valence-corrected chi connectivity index (χ4v) is 5.90. The Morgan fingerprint density at radius 1 is 1.07 bits per heavy atom. The molecule has 1 heterocycles. The number of hydrogen-bond acceptors (Lipinski definition) is 6. The standard InChI is InChI=1S/C33H39N3O5/c1-22-11-16-28(37)36(35-22)21-23-12-14-26(15-13-23)29(25-8-4-5-9-25)30(38)34-27-10-6-7-24(19-27)20-33(17-18-33)31(39)41-32(2,3)40/h6-7,10-16,19,25,29,40H,4-5,8-9,17-18,20-21H2,1-3H3,(H,34,38). The fraction of sp³-hybridized carbons (Fsp3) is 0.455. The van der Waals surface area contributed by atoms with Crippen molar-refractivity contribution in [2.75, 3.05) is 5.32 Å². The van der Waals surface area contributed by atoms with Crippen LogP contribution in [0.1, 0.15) is 80.7 Å². The number of nitrogens with zero attached hydrogens (tertiary/aromatic N) is 2. The zero-order chi connectivity index (χ0) is 29.2. The number of aromatic nitrogens is 2. The molecule has 1 unspecified atom stereocenters. The molecular weight excluding hydrogens is 518 g/mol. The lowest BCUT2D eigenvalue weighted by molar-refractivity contribution is -0.201. The average molecular weight is 558 g/mol. The van der Waals surface area contributed by atoms with Crippen LogP contribution in [0.5, 0.6) is 0 Å². The third kappa shape index (κ3) is 7.11. The number of amides is 1. The molecule has 2 N–H and O–H groups in total. The highest BCUT2D eigenvalue weighted by Crippen LogP contribution is 2.50. The smallest absolute Gasteiger partial charge is 0.314 e. The van der Waals surface area contributed by atoms with Crippen molar-refractivity contribution < 1.29 is 19.4 Å². The molecule has 2 saturated carbocycles. The van der Waals surface area contributed by atoms with Crippen LogP contribution in [0, 0.1) is 18.3 Å². The number of benzene rings is 2. The van der Waals surface area contributed by atoms with Crippen molar-refractivity contribution in [3.05, 3.63) is 93.4 Å². The van der Waals surface area contributed by atoms with E-state index in [-0.39, 0.29) is 29.3 Å². The number of hydrogen-bond donors (Lipinski definition) is 2. The Morgan fingerprint density at radius 3 is 2.44 bits per heavy atom. The summed E-state index contributed by atoms with van der Waals surface area (Å²) in [5.41, 5.74) is 3.57. The van der Waals surface area contributed by atoms with Crippen molar-refractivity contribution in [1.82, 2.24) is 9.78 Å². The van der Waals surface area contributed by atoms with Crippen molar-refractivity contribution in [2.45, 2.75) is 84.0 Å². The van der Waals surface area contributed by atoms with Crippen molar-refractivity contribution in [1.29, 1.82) is 0 Å². The average Bonchev–Trinajstić information content (AvgIpc) is 3.50. The van der Waals surface area contributed by atoms with Crippen LogP contribution in [0.15, 0.2) is 65.5 Å². The zero-order valence-corrected chi connectivity index (χ0v) is 24.1.